The van der Waals surface area contributed by atoms with E-state index in [1.807, 2.05) is 0 Å². The van der Waals surface area contributed by atoms with Crippen molar-refractivity contribution in [3.8, 4) is 0 Å². The zero-order valence-corrected chi connectivity index (χ0v) is 16.0. The molecule has 3 aliphatic rings. The first-order valence-corrected chi connectivity index (χ1v) is 9.65. The van der Waals surface area contributed by atoms with Crippen molar-refractivity contribution in [1.82, 2.24) is 0 Å². The molecule has 0 aromatic rings. The molecule has 1 saturated heterocycles. The molecule has 0 radical (unpaired) electrons. The van der Waals surface area contributed by atoms with Crippen LogP contribution in [-0.4, -0.2) is 122 Å². The lowest BCUT2D eigenvalue weighted by Crippen LogP contribution is -2.64. The van der Waals surface area contributed by atoms with Crippen molar-refractivity contribution in [3.63, 3.8) is 0 Å². The Bertz CT molecular complexity index is 610. The minimum atomic E-state index is -1.47. The summed E-state index contributed by atoms with van der Waals surface area (Å²) in [6.07, 6.45) is -11.4. The van der Waals surface area contributed by atoms with Gasteiger partial charge in [-0.2, -0.15) is 0 Å². The molecule has 1 saturated carbocycles. The third-order valence-electron chi connectivity index (χ3n) is 5.59. The highest BCUT2D eigenvalue weighted by Gasteiger charge is 2.50. The molecule has 0 amide bonds. The average Bonchev–Trinajstić information content (AvgIpc) is 2.98. The minimum absolute atomic E-state index is 0.148. The van der Waals surface area contributed by atoms with Crippen molar-refractivity contribution in [2.45, 2.75) is 79.9 Å². The molecular weight excluding hydrogens is 408 g/mol. The second-order valence-corrected chi connectivity index (χ2v) is 7.72. The zero-order chi connectivity index (χ0) is 22.2. The van der Waals surface area contributed by atoms with Gasteiger partial charge in [-0.3, -0.25) is 0 Å². The van der Waals surface area contributed by atoms with Crippen molar-refractivity contribution in [2.24, 2.45) is 11.5 Å². The first-order valence-electron chi connectivity index (χ1n) is 9.65. The van der Waals surface area contributed by atoms with Gasteiger partial charge in [0.1, 0.15) is 54.6 Å². The molecule has 12 atom stereocenters. The molecule has 0 bridgehead atoms. The van der Waals surface area contributed by atoms with Gasteiger partial charge in [-0.25, -0.2) is 0 Å². The quantitative estimate of drug-likeness (QED) is 0.190. The van der Waals surface area contributed by atoms with Crippen molar-refractivity contribution < 1.29 is 54.7 Å². The van der Waals surface area contributed by atoms with Crippen LogP contribution >= 0.6 is 0 Å². The number of nitrogens with two attached hydrogens (primary N) is 2. The van der Waals surface area contributed by atoms with E-state index >= 15 is 0 Å². The van der Waals surface area contributed by atoms with E-state index in [2.05, 4.69) is 0 Å². The van der Waals surface area contributed by atoms with Crippen LogP contribution in [-0.2, 0) is 18.9 Å². The molecule has 13 nitrogen and oxygen atoms in total. The van der Waals surface area contributed by atoms with Crippen molar-refractivity contribution in [3.05, 3.63) is 11.8 Å². The Kier molecular flexibility index (Phi) is 7.66. The first kappa shape index (κ1) is 23.7. The molecule has 0 aromatic carbocycles. The van der Waals surface area contributed by atoms with Crippen LogP contribution in [0.1, 0.15) is 6.42 Å². The zero-order valence-electron chi connectivity index (χ0n) is 16.0. The molecule has 3 rings (SSSR count). The van der Waals surface area contributed by atoms with E-state index in [1.54, 1.807) is 0 Å². The first-order chi connectivity index (χ1) is 14.2. The van der Waals surface area contributed by atoms with Gasteiger partial charge in [0.25, 0.3) is 0 Å². The largest absolute Gasteiger partial charge is 0.510 e. The predicted octanol–water partition coefficient (Wildman–Crippen LogP) is -4.86. The van der Waals surface area contributed by atoms with Crippen LogP contribution in [0.25, 0.3) is 0 Å². The van der Waals surface area contributed by atoms with Gasteiger partial charge in [0, 0.05) is 18.2 Å². The van der Waals surface area contributed by atoms with Crippen molar-refractivity contribution in [2.75, 3.05) is 13.2 Å². The summed E-state index contributed by atoms with van der Waals surface area (Å²) in [6.45, 7) is -1.12. The smallest absolute Gasteiger partial charge is 0.187 e. The Balaban J connectivity index is 1.69. The highest BCUT2D eigenvalue weighted by molar-refractivity contribution is 5.08. The molecule has 30 heavy (non-hydrogen) atoms. The highest BCUT2D eigenvalue weighted by Crippen LogP contribution is 2.30. The Morgan fingerprint density at radius 3 is 2.03 bits per heavy atom. The Hall–Kier alpha value is -0.940. The van der Waals surface area contributed by atoms with Crippen molar-refractivity contribution >= 4 is 0 Å². The van der Waals surface area contributed by atoms with Gasteiger partial charge in [-0.1, -0.05) is 0 Å². The van der Waals surface area contributed by atoms with E-state index in [0.29, 0.717) is 0 Å². The number of aliphatic hydroxyl groups excluding tert-OH is 7. The molecule has 2 heterocycles. The van der Waals surface area contributed by atoms with Crippen LogP contribution < -0.4 is 11.5 Å². The van der Waals surface area contributed by atoms with Crippen LogP contribution in [0.2, 0.25) is 0 Å². The fraction of sp³-hybridized carbons (Fsp3) is 0.882. The van der Waals surface area contributed by atoms with Crippen LogP contribution in [0, 0.1) is 0 Å². The third-order valence-corrected chi connectivity index (χ3v) is 5.59. The van der Waals surface area contributed by atoms with Crippen LogP contribution in [0.5, 0.6) is 0 Å². The highest BCUT2D eigenvalue weighted by atomic mass is 16.7. The van der Waals surface area contributed by atoms with E-state index in [0.717, 1.165) is 6.08 Å². The maximum atomic E-state index is 10.8. The van der Waals surface area contributed by atoms with Crippen LogP contribution in [0.15, 0.2) is 11.8 Å². The van der Waals surface area contributed by atoms with Crippen LogP contribution in [0.4, 0.5) is 0 Å². The molecule has 5 unspecified atom stereocenters. The molecular formula is C17H30N2O11. The Labute approximate surface area is 172 Å². The second-order valence-electron chi connectivity index (χ2n) is 7.72. The normalized spacial score (nSPS) is 49.8. The van der Waals surface area contributed by atoms with E-state index in [4.69, 9.17) is 30.4 Å². The summed E-state index contributed by atoms with van der Waals surface area (Å²) in [5.74, 6) is -0.458. The third kappa shape index (κ3) is 4.62. The summed E-state index contributed by atoms with van der Waals surface area (Å²) in [6, 6.07) is -1.52. The Morgan fingerprint density at radius 2 is 1.47 bits per heavy atom. The van der Waals surface area contributed by atoms with Gasteiger partial charge < -0.3 is 66.2 Å². The standard InChI is InChI=1S/C17H30N2O11/c18-5-1-6(19)16(30-17-13(25)12(24)9(4-21)28-17)14(26)15(5)29-10-2-7(22)11(23)8(3-20)27-10/h2,5-6,8-17,20-26H,1,3-4,18-19H2/t5?,6?,8?,9-,10-,11+,12?,13+,14?,15-,16-,17+/m1/s1. The maximum Gasteiger partial charge on any atom is 0.187 e. The summed E-state index contributed by atoms with van der Waals surface area (Å²) in [5.41, 5.74) is 12.1. The lowest BCUT2D eigenvalue weighted by atomic mass is 9.84. The summed E-state index contributed by atoms with van der Waals surface area (Å²) >= 11 is 0. The summed E-state index contributed by atoms with van der Waals surface area (Å²) in [7, 11) is 0. The molecule has 2 fully saturated rings. The Morgan fingerprint density at radius 1 is 0.867 bits per heavy atom. The van der Waals surface area contributed by atoms with E-state index in [1.165, 1.54) is 0 Å². The molecule has 1 aliphatic carbocycles. The van der Waals surface area contributed by atoms with E-state index < -0.39 is 92.5 Å². The van der Waals surface area contributed by atoms with E-state index in [-0.39, 0.29) is 6.42 Å². The lowest BCUT2D eigenvalue weighted by Gasteiger charge is -2.44. The van der Waals surface area contributed by atoms with Gasteiger partial charge in [0.15, 0.2) is 12.6 Å². The number of ether oxygens (including phenoxy) is 4. The average molecular weight is 438 g/mol. The fourth-order valence-electron chi connectivity index (χ4n) is 3.86. The molecule has 174 valence electrons. The number of aliphatic hydroxyl groups is 7. The van der Waals surface area contributed by atoms with E-state index in [9.17, 15) is 35.7 Å². The maximum absolute atomic E-state index is 10.8. The number of hydrogen-bond donors (Lipinski definition) is 9. The van der Waals surface area contributed by atoms with Gasteiger partial charge in [-0.15, -0.1) is 0 Å². The molecule has 0 aromatic heterocycles. The van der Waals surface area contributed by atoms with Crippen LogP contribution in [0.3, 0.4) is 0 Å². The number of hydrogen-bond acceptors (Lipinski definition) is 13. The van der Waals surface area contributed by atoms with Crippen molar-refractivity contribution in [1.29, 1.82) is 0 Å². The van der Waals surface area contributed by atoms with Gasteiger partial charge in [0.05, 0.1) is 13.2 Å². The minimum Gasteiger partial charge on any atom is -0.510 e. The molecule has 0 spiro atoms. The lowest BCUT2D eigenvalue weighted by molar-refractivity contribution is -0.264. The summed E-state index contributed by atoms with van der Waals surface area (Å²) < 4.78 is 21.9. The molecule has 2 aliphatic heterocycles. The number of rotatable bonds is 6. The summed E-state index contributed by atoms with van der Waals surface area (Å²) in [4.78, 5) is 0. The molecule has 11 N–H and O–H groups in total. The van der Waals surface area contributed by atoms with Gasteiger partial charge in [-0.05, 0) is 6.42 Å². The van der Waals surface area contributed by atoms with Gasteiger partial charge >= 0.3 is 0 Å². The second kappa shape index (κ2) is 9.68. The van der Waals surface area contributed by atoms with Gasteiger partial charge in [0.2, 0.25) is 0 Å². The topological polar surface area (TPSA) is 231 Å². The fourth-order valence-corrected chi connectivity index (χ4v) is 3.86. The summed E-state index contributed by atoms with van der Waals surface area (Å²) in [5, 5.41) is 68.7. The predicted molar refractivity (Wildman–Crippen MR) is 96.5 cm³/mol. The SMILES string of the molecule is NC1CC(N)[C@@H](O[C@@H]2O[C@H](CO)C(O)[C@@H]2O)C(O)[C@@H]1O[C@@H]1C=C(O)[C@H](O)C(CO)O1. The molecule has 13 heteroatoms. The monoisotopic (exact) mass is 438 g/mol.